The van der Waals surface area contributed by atoms with Crippen LogP contribution in [-0.2, 0) is 16.0 Å². The standard InChI is InChI=1S/C23H29N3O4/c1-16(27)25-23(20-8-4-5-11-24-20)17-7-6-12-26(15-17)22(28)14-18-13-19(29-2)9-10-21(18)30-3/h4-5,8-11,13,17,23H,6-7,12,14-15H2,1-3H3,(H,25,27)/t17-,23-/m0/s1. The van der Waals surface area contributed by atoms with Crippen LogP contribution in [0.3, 0.4) is 0 Å². The van der Waals surface area contributed by atoms with E-state index in [4.69, 9.17) is 9.47 Å². The summed E-state index contributed by atoms with van der Waals surface area (Å²) in [5.41, 5.74) is 1.62. The highest BCUT2D eigenvalue weighted by molar-refractivity contribution is 5.80. The number of hydrogen-bond acceptors (Lipinski definition) is 5. The molecule has 1 N–H and O–H groups in total. The van der Waals surface area contributed by atoms with E-state index in [1.807, 2.05) is 41.3 Å². The summed E-state index contributed by atoms with van der Waals surface area (Å²) in [6, 6.07) is 10.9. The first-order valence-electron chi connectivity index (χ1n) is 10.2. The van der Waals surface area contributed by atoms with Gasteiger partial charge in [-0.1, -0.05) is 6.07 Å². The van der Waals surface area contributed by atoms with Crippen LogP contribution in [0.2, 0.25) is 0 Å². The lowest BCUT2D eigenvalue weighted by Gasteiger charge is -2.37. The predicted octanol–water partition coefficient (Wildman–Crippen LogP) is 2.76. The Hall–Kier alpha value is -3.09. The van der Waals surface area contributed by atoms with Gasteiger partial charge in [-0.3, -0.25) is 14.6 Å². The molecule has 0 aliphatic carbocycles. The molecule has 3 rings (SSSR count). The van der Waals surface area contributed by atoms with E-state index >= 15 is 0 Å². The van der Waals surface area contributed by atoms with Gasteiger partial charge >= 0.3 is 0 Å². The van der Waals surface area contributed by atoms with E-state index < -0.39 is 0 Å². The number of amides is 2. The van der Waals surface area contributed by atoms with E-state index in [9.17, 15) is 9.59 Å². The highest BCUT2D eigenvalue weighted by Crippen LogP contribution is 2.30. The zero-order valence-electron chi connectivity index (χ0n) is 17.8. The number of ether oxygens (including phenoxy) is 2. The second-order valence-corrected chi connectivity index (χ2v) is 7.53. The maximum Gasteiger partial charge on any atom is 0.227 e. The van der Waals surface area contributed by atoms with E-state index in [-0.39, 0.29) is 30.2 Å². The molecule has 7 heteroatoms. The van der Waals surface area contributed by atoms with Crippen LogP contribution in [0.1, 0.15) is 37.1 Å². The molecule has 2 atom stereocenters. The normalized spacial score (nSPS) is 17.2. The fourth-order valence-corrected chi connectivity index (χ4v) is 4.02. The number of piperidine rings is 1. The molecule has 1 fully saturated rings. The number of hydrogen-bond donors (Lipinski definition) is 1. The third-order valence-electron chi connectivity index (χ3n) is 5.48. The number of carbonyl (C=O) groups excluding carboxylic acids is 2. The van der Waals surface area contributed by atoms with Crippen LogP contribution in [0.15, 0.2) is 42.6 Å². The molecule has 1 aliphatic rings. The Labute approximate surface area is 177 Å². The summed E-state index contributed by atoms with van der Waals surface area (Å²) < 4.78 is 10.7. The second kappa shape index (κ2) is 10.1. The first-order valence-corrected chi connectivity index (χ1v) is 10.2. The summed E-state index contributed by atoms with van der Waals surface area (Å²) in [5, 5.41) is 3.03. The highest BCUT2D eigenvalue weighted by atomic mass is 16.5. The van der Waals surface area contributed by atoms with Gasteiger partial charge in [0.15, 0.2) is 0 Å². The minimum atomic E-state index is -0.217. The van der Waals surface area contributed by atoms with Crippen LogP contribution >= 0.6 is 0 Å². The number of nitrogens with zero attached hydrogens (tertiary/aromatic N) is 2. The lowest BCUT2D eigenvalue weighted by atomic mass is 9.88. The van der Waals surface area contributed by atoms with Crippen molar-refractivity contribution in [2.75, 3.05) is 27.3 Å². The lowest BCUT2D eigenvalue weighted by Crippen LogP contribution is -2.45. The van der Waals surface area contributed by atoms with Crippen molar-refractivity contribution in [2.45, 2.75) is 32.2 Å². The van der Waals surface area contributed by atoms with Crippen LogP contribution in [0.4, 0.5) is 0 Å². The number of pyridine rings is 1. The molecule has 30 heavy (non-hydrogen) atoms. The quantitative estimate of drug-likeness (QED) is 0.758. The average Bonchev–Trinajstić information content (AvgIpc) is 2.78. The van der Waals surface area contributed by atoms with Gasteiger partial charge in [0, 0.05) is 37.7 Å². The molecule has 7 nitrogen and oxygen atoms in total. The summed E-state index contributed by atoms with van der Waals surface area (Å²) in [6.45, 7) is 2.79. The molecule has 2 heterocycles. The van der Waals surface area contributed by atoms with Gasteiger partial charge in [-0.2, -0.15) is 0 Å². The van der Waals surface area contributed by atoms with Crippen LogP contribution in [0, 0.1) is 5.92 Å². The van der Waals surface area contributed by atoms with Crippen molar-refractivity contribution in [3.63, 3.8) is 0 Å². The number of benzene rings is 1. The number of rotatable bonds is 7. The molecular weight excluding hydrogens is 382 g/mol. The Bertz CT molecular complexity index is 872. The monoisotopic (exact) mass is 411 g/mol. The average molecular weight is 412 g/mol. The molecule has 1 aliphatic heterocycles. The summed E-state index contributed by atoms with van der Waals surface area (Å²) in [6.07, 6.45) is 3.77. The fraction of sp³-hybridized carbons (Fsp3) is 0.435. The Morgan fingerprint density at radius 2 is 2.07 bits per heavy atom. The number of methoxy groups -OCH3 is 2. The molecule has 0 radical (unpaired) electrons. The van der Waals surface area contributed by atoms with Gasteiger partial charge in [0.1, 0.15) is 11.5 Å². The van der Waals surface area contributed by atoms with Crippen LogP contribution < -0.4 is 14.8 Å². The zero-order chi connectivity index (χ0) is 21.5. The molecule has 2 aromatic rings. The van der Waals surface area contributed by atoms with Gasteiger partial charge in [0.05, 0.1) is 32.4 Å². The number of carbonyl (C=O) groups is 2. The second-order valence-electron chi connectivity index (χ2n) is 7.53. The largest absolute Gasteiger partial charge is 0.497 e. The van der Waals surface area contributed by atoms with Gasteiger partial charge < -0.3 is 19.7 Å². The number of aromatic nitrogens is 1. The molecule has 1 aromatic heterocycles. The Kier molecular flexibility index (Phi) is 7.27. The molecular formula is C23H29N3O4. The van der Waals surface area contributed by atoms with Gasteiger partial charge in [-0.25, -0.2) is 0 Å². The topological polar surface area (TPSA) is 80.8 Å². The molecule has 1 saturated heterocycles. The summed E-state index contributed by atoms with van der Waals surface area (Å²) in [4.78, 5) is 31.2. The molecule has 0 spiro atoms. The zero-order valence-corrected chi connectivity index (χ0v) is 17.8. The van der Waals surface area contributed by atoms with Crippen molar-refractivity contribution in [1.82, 2.24) is 15.2 Å². The van der Waals surface area contributed by atoms with Crippen molar-refractivity contribution in [2.24, 2.45) is 5.92 Å². The SMILES string of the molecule is COc1ccc(OC)c(CC(=O)N2CCC[C@H]([C@H](NC(C)=O)c3ccccn3)C2)c1. The van der Waals surface area contributed by atoms with E-state index in [0.717, 1.165) is 24.1 Å². The molecule has 0 bridgehead atoms. The molecule has 0 unspecified atom stereocenters. The van der Waals surface area contributed by atoms with E-state index in [2.05, 4.69) is 10.3 Å². The van der Waals surface area contributed by atoms with Gasteiger partial charge in [0.2, 0.25) is 11.8 Å². The van der Waals surface area contributed by atoms with Crippen LogP contribution in [0.25, 0.3) is 0 Å². The van der Waals surface area contributed by atoms with Gasteiger partial charge in [0.25, 0.3) is 0 Å². The molecule has 160 valence electrons. The number of nitrogens with one attached hydrogen (secondary N) is 1. The van der Waals surface area contributed by atoms with Gasteiger partial charge in [-0.15, -0.1) is 0 Å². The Balaban J connectivity index is 1.75. The third kappa shape index (κ3) is 5.28. The van der Waals surface area contributed by atoms with Crippen LogP contribution in [0.5, 0.6) is 11.5 Å². The van der Waals surface area contributed by atoms with E-state index in [1.165, 1.54) is 6.92 Å². The Morgan fingerprint density at radius 1 is 1.23 bits per heavy atom. The third-order valence-corrected chi connectivity index (χ3v) is 5.48. The summed E-state index contributed by atoms with van der Waals surface area (Å²) in [5.74, 6) is 1.40. The fourth-order valence-electron chi connectivity index (χ4n) is 4.02. The van der Waals surface area contributed by atoms with Crippen molar-refractivity contribution < 1.29 is 19.1 Å². The van der Waals surface area contributed by atoms with Crippen molar-refractivity contribution in [3.05, 3.63) is 53.9 Å². The first kappa shape index (κ1) is 21.6. The van der Waals surface area contributed by atoms with E-state index in [0.29, 0.717) is 24.6 Å². The lowest BCUT2D eigenvalue weighted by molar-refractivity contribution is -0.132. The van der Waals surface area contributed by atoms with Crippen molar-refractivity contribution >= 4 is 11.8 Å². The minimum absolute atomic E-state index is 0.0360. The Morgan fingerprint density at radius 3 is 2.73 bits per heavy atom. The van der Waals surface area contributed by atoms with E-state index in [1.54, 1.807) is 20.4 Å². The van der Waals surface area contributed by atoms with Crippen molar-refractivity contribution in [3.8, 4) is 11.5 Å². The highest BCUT2D eigenvalue weighted by Gasteiger charge is 2.31. The predicted molar refractivity (Wildman–Crippen MR) is 113 cm³/mol. The van der Waals surface area contributed by atoms with Gasteiger partial charge in [-0.05, 0) is 43.2 Å². The molecule has 0 saturated carbocycles. The summed E-state index contributed by atoms with van der Waals surface area (Å²) in [7, 11) is 3.19. The maximum atomic E-state index is 13.1. The summed E-state index contributed by atoms with van der Waals surface area (Å²) >= 11 is 0. The number of likely N-dealkylation sites (tertiary alicyclic amines) is 1. The molecule has 1 aromatic carbocycles. The first-order chi connectivity index (χ1) is 14.5. The molecule has 2 amide bonds. The van der Waals surface area contributed by atoms with Crippen molar-refractivity contribution in [1.29, 1.82) is 0 Å². The minimum Gasteiger partial charge on any atom is -0.497 e. The smallest absolute Gasteiger partial charge is 0.227 e. The van der Waals surface area contributed by atoms with Crippen LogP contribution in [-0.4, -0.2) is 49.0 Å². The maximum absolute atomic E-state index is 13.1.